The second-order valence-corrected chi connectivity index (χ2v) is 6.54. The number of carbonyl (C=O) groups excluding carboxylic acids is 1. The van der Waals surface area contributed by atoms with Crippen molar-refractivity contribution in [1.29, 1.82) is 0 Å². The number of rotatable bonds is 5. The number of aromatic nitrogens is 2. The minimum Gasteiger partial charge on any atom is -0.463 e. The molecule has 2 aliphatic rings. The molecular formula is C18H19N3O3. The third-order valence-corrected chi connectivity index (χ3v) is 4.91. The molecule has 124 valence electrons. The van der Waals surface area contributed by atoms with Crippen molar-refractivity contribution in [2.45, 2.75) is 19.4 Å². The normalized spacial score (nSPS) is 24.4. The average molecular weight is 325 g/mol. The Bertz CT molecular complexity index is 822. The SMILES string of the molecule is O=C(Cn1nc(-c2ccco2)ccc1=O)NC[C@H]1C[C@@H]2C=C[C@H]1C2. The lowest BCUT2D eigenvalue weighted by Gasteiger charge is -2.18. The molecule has 1 amide bonds. The fourth-order valence-corrected chi connectivity index (χ4v) is 3.68. The fraction of sp³-hybridized carbons (Fsp3) is 0.389. The molecule has 1 N–H and O–H groups in total. The van der Waals surface area contributed by atoms with E-state index in [9.17, 15) is 9.59 Å². The van der Waals surface area contributed by atoms with Crippen molar-refractivity contribution in [2.24, 2.45) is 17.8 Å². The molecule has 0 aromatic carbocycles. The van der Waals surface area contributed by atoms with Crippen molar-refractivity contribution >= 4 is 5.91 Å². The van der Waals surface area contributed by atoms with Gasteiger partial charge in [-0.2, -0.15) is 5.10 Å². The maximum Gasteiger partial charge on any atom is 0.267 e. The van der Waals surface area contributed by atoms with Crippen LogP contribution in [0.3, 0.4) is 0 Å². The number of hydrogen-bond donors (Lipinski definition) is 1. The second-order valence-electron chi connectivity index (χ2n) is 6.54. The number of nitrogens with one attached hydrogen (secondary N) is 1. The van der Waals surface area contributed by atoms with E-state index in [1.54, 1.807) is 24.5 Å². The van der Waals surface area contributed by atoms with Crippen molar-refractivity contribution in [1.82, 2.24) is 15.1 Å². The van der Waals surface area contributed by atoms with Gasteiger partial charge in [-0.1, -0.05) is 12.2 Å². The van der Waals surface area contributed by atoms with Crippen molar-refractivity contribution in [2.75, 3.05) is 6.54 Å². The molecule has 1 fully saturated rings. The lowest BCUT2D eigenvalue weighted by molar-refractivity contribution is -0.122. The monoisotopic (exact) mass is 325 g/mol. The van der Waals surface area contributed by atoms with Crippen molar-refractivity contribution in [3.8, 4) is 11.5 Å². The lowest BCUT2D eigenvalue weighted by atomic mass is 9.94. The third kappa shape index (κ3) is 2.91. The van der Waals surface area contributed by atoms with E-state index in [-0.39, 0.29) is 18.0 Å². The lowest BCUT2D eigenvalue weighted by Crippen LogP contribution is -2.36. The van der Waals surface area contributed by atoms with Gasteiger partial charge in [0.05, 0.1) is 6.26 Å². The number of carbonyl (C=O) groups is 1. The summed E-state index contributed by atoms with van der Waals surface area (Å²) >= 11 is 0. The van der Waals surface area contributed by atoms with Crippen molar-refractivity contribution in [3.63, 3.8) is 0 Å². The molecule has 3 atom stereocenters. The van der Waals surface area contributed by atoms with Crippen LogP contribution in [0.15, 0.2) is 51.9 Å². The van der Waals surface area contributed by atoms with Crippen LogP contribution in [0.4, 0.5) is 0 Å². The van der Waals surface area contributed by atoms with Gasteiger partial charge in [-0.25, -0.2) is 4.68 Å². The second kappa shape index (κ2) is 6.11. The summed E-state index contributed by atoms with van der Waals surface area (Å²) in [5, 5.41) is 7.15. The van der Waals surface area contributed by atoms with Crippen LogP contribution < -0.4 is 10.9 Å². The quantitative estimate of drug-likeness (QED) is 0.851. The molecule has 2 aromatic rings. The number of fused-ring (bicyclic) bond motifs is 2. The van der Waals surface area contributed by atoms with Crippen LogP contribution in [-0.4, -0.2) is 22.2 Å². The maximum atomic E-state index is 12.2. The molecule has 0 spiro atoms. The predicted molar refractivity (Wildman–Crippen MR) is 88.1 cm³/mol. The van der Waals surface area contributed by atoms with Crippen molar-refractivity contribution in [3.05, 3.63) is 53.0 Å². The van der Waals surface area contributed by atoms with Gasteiger partial charge in [0.15, 0.2) is 5.76 Å². The van der Waals surface area contributed by atoms with E-state index in [0.717, 1.165) is 6.42 Å². The van der Waals surface area contributed by atoms with E-state index < -0.39 is 0 Å². The van der Waals surface area contributed by atoms with Gasteiger partial charge >= 0.3 is 0 Å². The van der Waals surface area contributed by atoms with Gasteiger partial charge in [0.2, 0.25) is 5.91 Å². The topological polar surface area (TPSA) is 77.1 Å². The first-order valence-electron chi connectivity index (χ1n) is 8.26. The van der Waals surface area contributed by atoms with E-state index in [2.05, 4.69) is 22.6 Å². The molecule has 0 saturated heterocycles. The minimum atomic E-state index is -0.302. The summed E-state index contributed by atoms with van der Waals surface area (Å²) in [7, 11) is 0. The smallest absolute Gasteiger partial charge is 0.267 e. The molecule has 6 heteroatoms. The van der Waals surface area contributed by atoms with Crippen LogP contribution in [0.5, 0.6) is 0 Å². The summed E-state index contributed by atoms with van der Waals surface area (Å²) in [5.74, 6) is 2.18. The van der Waals surface area contributed by atoms with Gasteiger partial charge in [0.1, 0.15) is 12.2 Å². The predicted octanol–water partition coefficient (Wildman–Crippen LogP) is 1.83. The molecule has 0 aliphatic heterocycles. The van der Waals surface area contributed by atoms with Crippen LogP contribution in [0, 0.1) is 17.8 Å². The molecule has 2 aliphatic carbocycles. The summed E-state index contributed by atoms with van der Waals surface area (Å²) in [4.78, 5) is 24.1. The highest BCUT2D eigenvalue weighted by Crippen LogP contribution is 2.42. The largest absolute Gasteiger partial charge is 0.463 e. The molecule has 2 aromatic heterocycles. The zero-order chi connectivity index (χ0) is 16.5. The third-order valence-electron chi connectivity index (χ3n) is 4.91. The molecule has 0 radical (unpaired) electrons. The highest BCUT2D eigenvalue weighted by atomic mass is 16.3. The summed E-state index contributed by atoms with van der Waals surface area (Å²) in [6.07, 6.45) is 8.46. The fourth-order valence-electron chi connectivity index (χ4n) is 3.68. The van der Waals surface area contributed by atoms with Crippen LogP contribution in [0.25, 0.3) is 11.5 Å². The number of hydrogen-bond acceptors (Lipinski definition) is 4. The number of allylic oxidation sites excluding steroid dienone is 2. The van der Waals surface area contributed by atoms with Crippen LogP contribution in [0.2, 0.25) is 0 Å². The van der Waals surface area contributed by atoms with Gasteiger partial charge in [-0.3, -0.25) is 9.59 Å². The molecule has 1 saturated carbocycles. The Hall–Kier alpha value is -2.63. The van der Waals surface area contributed by atoms with Crippen LogP contribution in [0.1, 0.15) is 12.8 Å². The van der Waals surface area contributed by atoms with E-state index in [1.807, 2.05) is 0 Å². The molecule has 2 bridgehead atoms. The Kier molecular flexibility index (Phi) is 3.80. The van der Waals surface area contributed by atoms with E-state index >= 15 is 0 Å². The number of furan rings is 1. The average Bonchev–Trinajstić information content (AvgIpc) is 3.32. The van der Waals surface area contributed by atoms with Gasteiger partial charge in [0, 0.05) is 12.6 Å². The van der Waals surface area contributed by atoms with E-state index in [0.29, 0.717) is 35.8 Å². The number of amides is 1. The highest BCUT2D eigenvalue weighted by molar-refractivity contribution is 5.75. The summed E-state index contributed by atoms with van der Waals surface area (Å²) in [5.41, 5.74) is 0.231. The number of nitrogens with zero attached hydrogens (tertiary/aromatic N) is 2. The van der Waals surface area contributed by atoms with Gasteiger partial charge in [0.25, 0.3) is 5.56 Å². The van der Waals surface area contributed by atoms with Crippen LogP contribution in [-0.2, 0) is 11.3 Å². The molecule has 0 unspecified atom stereocenters. The Morgan fingerprint density at radius 2 is 2.21 bits per heavy atom. The minimum absolute atomic E-state index is 0.0793. The first kappa shape index (κ1) is 14.9. The highest BCUT2D eigenvalue weighted by Gasteiger charge is 2.35. The molecule has 4 rings (SSSR count). The van der Waals surface area contributed by atoms with Gasteiger partial charge < -0.3 is 9.73 Å². The summed E-state index contributed by atoms with van der Waals surface area (Å²) < 4.78 is 6.45. The molecule has 24 heavy (non-hydrogen) atoms. The zero-order valence-electron chi connectivity index (χ0n) is 13.2. The Labute approximate surface area is 139 Å². The Morgan fingerprint density at radius 1 is 1.29 bits per heavy atom. The Balaban J connectivity index is 1.39. The van der Waals surface area contributed by atoms with Gasteiger partial charge in [-0.15, -0.1) is 0 Å². The van der Waals surface area contributed by atoms with E-state index in [1.165, 1.54) is 17.2 Å². The first-order valence-corrected chi connectivity index (χ1v) is 8.26. The van der Waals surface area contributed by atoms with E-state index in [4.69, 9.17) is 4.42 Å². The van der Waals surface area contributed by atoms with Gasteiger partial charge in [-0.05, 0) is 48.8 Å². The molecule has 6 nitrogen and oxygen atoms in total. The summed E-state index contributed by atoms with van der Waals surface area (Å²) in [6, 6.07) is 6.51. The first-order chi connectivity index (χ1) is 11.7. The zero-order valence-corrected chi connectivity index (χ0v) is 13.2. The maximum absolute atomic E-state index is 12.2. The molecular weight excluding hydrogens is 306 g/mol. The summed E-state index contributed by atoms with van der Waals surface area (Å²) in [6.45, 7) is 0.584. The molecule has 2 heterocycles. The Morgan fingerprint density at radius 3 is 2.92 bits per heavy atom. The van der Waals surface area contributed by atoms with Crippen LogP contribution >= 0.6 is 0 Å². The standard InChI is InChI=1S/C18H19N3O3/c22-17(19-10-14-9-12-3-4-13(14)8-12)11-21-18(23)6-5-15(20-21)16-2-1-7-24-16/h1-7,12-14H,8-11H2,(H,19,22)/t12-,13+,14-/m1/s1. The van der Waals surface area contributed by atoms with Crippen molar-refractivity contribution < 1.29 is 9.21 Å².